The van der Waals surface area contributed by atoms with Gasteiger partial charge >= 0.3 is 0 Å². The smallest absolute Gasteiger partial charge is 0.163 e. The van der Waals surface area contributed by atoms with Crippen LogP contribution in [0, 0.1) is 6.92 Å². The summed E-state index contributed by atoms with van der Waals surface area (Å²) in [4.78, 5) is 11.9. The fourth-order valence-electron chi connectivity index (χ4n) is 2.42. The van der Waals surface area contributed by atoms with Crippen LogP contribution in [0.4, 0.5) is 0 Å². The standard InChI is InChI=1S/C16H14O2/c1-3-14(17)11-8-9-13-12-6-4-5-7-15(12)18-16(13)10(11)2/h4-9H,3H2,1-2H3. The van der Waals surface area contributed by atoms with Crippen molar-refractivity contribution in [2.45, 2.75) is 20.3 Å². The lowest BCUT2D eigenvalue weighted by atomic mass is 10.00. The quantitative estimate of drug-likeness (QED) is 0.616. The maximum absolute atomic E-state index is 11.9. The summed E-state index contributed by atoms with van der Waals surface area (Å²) < 4.78 is 5.87. The third-order valence-electron chi connectivity index (χ3n) is 3.42. The Kier molecular flexibility index (Phi) is 2.44. The molecule has 3 rings (SSSR count). The molecule has 1 aromatic heterocycles. The van der Waals surface area contributed by atoms with Crippen LogP contribution < -0.4 is 0 Å². The van der Waals surface area contributed by atoms with Crippen LogP contribution in [0.25, 0.3) is 21.9 Å². The highest BCUT2D eigenvalue weighted by molar-refractivity contribution is 6.09. The second-order valence-corrected chi connectivity index (χ2v) is 4.49. The highest BCUT2D eigenvalue weighted by Crippen LogP contribution is 2.32. The van der Waals surface area contributed by atoms with Crippen LogP contribution in [0.1, 0.15) is 29.3 Å². The summed E-state index contributed by atoms with van der Waals surface area (Å²) in [5.74, 6) is 0.162. The number of Topliss-reactive ketones (excluding diaryl/α,β-unsaturated/α-hetero) is 1. The third-order valence-corrected chi connectivity index (χ3v) is 3.42. The van der Waals surface area contributed by atoms with Crippen molar-refractivity contribution in [3.63, 3.8) is 0 Å². The van der Waals surface area contributed by atoms with E-state index in [1.807, 2.05) is 50.2 Å². The number of carbonyl (C=O) groups is 1. The lowest BCUT2D eigenvalue weighted by Crippen LogP contribution is -1.99. The SMILES string of the molecule is CCC(=O)c1ccc2c(oc3ccccc32)c1C. The fourth-order valence-corrected chi connectivity index (χ4v) is 2.42. The predicted molar refractivity (Wildman–Crippen MR) is 73.1 cm³/mol. The molecular weight excluding hydrogens is 224 g/mol. The van der Waals surface area contributed by atoms with Crippen molar-refractivity contribution in [3.05, 3.63) is 47.5 Å². The molecule has 0 aliphatic carbocycles. The van der Waals surface area contributed by atoms with Crippen LogP contribution in [-0.2, 0) is 0 Å². The zero-order valence-corrected chi connectivity index (χ0v) is 10.5. The van der Waals surface area contributed by atoms with E-state index in [1.165, 1.54) is 0 Å². The summed E-state index contributed by atoms with van der Waals surface area (Å²) in [6.07, 6.45) is 0.520. The van der Waals surface area contributed by atoms with Gasteiger partial charge < -0.3 is 4.42 Å². The zero-order valence-electron chi connectivity index (χ0n) is 10.5. The second kappa shape index (κ2) is 3.98. The Labute approximate surface area is 105 Å². The first-order valence-electron chi connectivity index (χ1n) is 6.16. The first kappa shape index (κ1) is 11.0. The zero-order chi connectivity index (χ0) is 12.7. The molecule has 0 spiro atoms. The largest absolute Gasteiger partial charge is 0.456 e. The number of rotatable bonds is 2. The van der Waals surface area contributed by atoms with Gasteiger partial charge in [0.25, 0.3) is 0 Å². The first-order chi connectivity index (χ1) is 8.72. The van der Waals surface area contributed by atoms with E-state index in [4.69, 9.17) is 4.42 Å². The number of para-hydroxylation sites is 1. The lowest BCUT2D eigenvalue weighted by Gasteiger charge is -2.03. The third kappa shape index (κ3) is 1.46. The molecule has 1 heterocycles. The average Bonchev–Trinajstić information content (AvgIpc) is 2.78. The first-order valence-corrected chi connectivity index (χ1v) is 6.16. The Hall–Kier alpha value is -2.09. The molecule has 0 N–H and O–H groups in total. The number of carbonyl (C=O) groups excluding carboxylic acids is 1. The van der Waals surface area contributed by atoms with E-state index in [0.717, 1.165) is 33.1 Å². The normalized spacial score (nSPS) is 11.2. The summed E-state index contributed by atoms with van der Waals surface area (Å²) in [7, 11) is 0. The predicted octanol–water partition coefficient (Wildman–Crippen LogP) is 4.49. The molecule has 0 aliphatic heterocycles. The molecule has 0 atom stereocenters. The fraction of sp³-hybridized carbons (Fsp3) is 0.188. The van der Waals surface area contributed by atoms with Crippen LogP contribution >= 0.6 is 0 Å². The van der Waals surface area contributed by atoms with Crippen molar-refractivity contribution in [2.75, 3.05) is 0 Å². The highest BCUT2D eigenvalue weighted by atomic mass is 16.3. The van der Waals surface area contributed by atoms with Crippen LogP contribution in [-0.4, -0.2) is 5.78 Å². The van der Waals surface area contributed by atoms with E-state index < -0.39 is 0 Å². The number of benzene rings is 2. The second-order valence-electron chi connectivity index (χ2n) is 4.49. The molecule has 0 amide bonds. The summed E-state index contributed by atoms with van der Waals surface area (Å²) in [6, 6.07) is 11.8. The van der Waals surface area contributed by atoms with Gasteiger partial charge in [-0.3, -0.25) is 4.79 Å². The van der Waals surface area contributed by atoms with Gasteiger partial charge in [-0.2, -0.15) is 0 Å². The molecule has 0 bridgehead atoms. The van der Waals surface area contributed by atoms with Gasteiger partial charge in [0.05, 0.1) is 0 Å². The van der Waals surface area contributed by atoms with Crippen molar-refractivity contribution in [1.29, 1.82) is 0 Å². The van der Waals surface area contributed by atoms with Gasteiger partial charge in [-0.15, -0.1) is 0 Å². The van der Waals surface area contributed by atoms with Crippen molar-refractivity contribution in [3.8, 4) is 0 Å². The summed E-state index contributed by atoms with van der Waals surface area (Å²) >= 11 is 0. The van der Waals surface area contributed by atoms with Gasteiger partial charge in [0, 0.05) is 28.3 Å². The highest BCUT2D eigenvalue weighted by Gasteiger charge is 2.14. The van der Waals surface area contributed by atoms with Gasteiger partial charge in [0.2, 0.25) is 0 Å². The molecule has 90 valence electrons. The van der Waals surface area contributed by atoms with Crippen LogP contribution in [0.3, 0.4) is 0 Å². The van der Waals surface area contributed by atoms with Gasteiger partial charge in [0.1, 0.15) is 11.2 Å². The molecule has 0 radical (unpaired) electrons. The molecule has 0 unspecified atom stereocenters. The number of furan rings is 1. The molecule has 0 aliphatic rings. The summed E-state index contributed by atoms with van der Waals surface area (Å²) in [6.45, 7) is 3.83. The lowest BCUT2D eigenvalue weighted by molar-refractivity contribution is 0.0987. The Bertz CT molecular complexity index is 750. The minimum atomic E-state index is 0.162. The molecule has 2 heteroatoms. The van der Waals surface area contributed by atoms with Gasteiger partial charge in [0.15, 0.2) is 5.78 Å². The van der Waals surface area contributed by atoms with Crippen molar-refractivity contribution in [1.82, 2.24) is 0 Å². The van der Waals surface area contributed by atoms with E-state index in [2.05, 4.69) is 0 Å². The van der Waals surface area contributed by atoms with Crippen LogP contribution in [0.5, 0.6) is 0 Å². The van der Waals surface area contributed by atoms with E-state index in [0.29, 0.717) is 6.42 Å². The van der Waals surface area contributed by atoms with Crippen LogP contribution in [0.2, 0.25) is 0 Å². The van der Waals surface area contributed by atoms with E-state index >= 15 is 0 Å². The van der Waals surface area contributed by atoms with Crippen molar-refractivity contribution >= 4 is 27.7 Å². The number of hydrogen-bond acceptors (Lipinski definition) is 2. The van der Waals surface area contributed by atoms with Gasteiger partial charge in [-0.05, 0) is 19.1 Å². The molecule has 2 nitrogen and oxygen atoms in total. The molecule has 18 heavy (non-hydrogen) atoms. The molecule has 2 aromatic carbocycles. The summed E-state index contributed by atoms with van der Waals surface area (Å²) in [5, 5.41) is 2.18. The number of aryl methyl sites for hydroxylation is 1. The number of fused-ring (bicyclic) bond motifs is 3. The average molecular weight is 238 g/mol. The maximum Gasteiger partial charge on any atom is 0.163 e. The van der Waals surface area contributed by atoms with E-state index in [9.17, 15) is 4.79 Å². The Balaban J connectivity index is 2.39. The Morgan fingerprint density at radius 3 is 2.67 bits per heavy atom. The summed E-state index contributed by atoms with van der Waals surface area (Å²) in [5.41, 5.74) is 3.41. The molecular formula is C16H14O2. The van der Waals surface area contributed by atoms with E-state index in [1.54, 1.807) is 0 Å². The Morgan fingerprint density at radius 2 is 1.89 bits per heavy atom. The topological polar surface area (TPSA) is 30.2 Å². The molecule has 0 saturated heterocycles. The van der Waals surface area contributed by atoms with E-state index in [-0.39, 0.29) is 5.78 Å². The minimum absolute atomic E-state index is 0.162. The monoisotopic (exact) mass is 238 g/mol. The van der Waals surface area contributed by atoms with Crippen molar-refractivity contribution < 1.29 is 9.21 Å². The number of ketones is 1. The van der Waals surface area contributed by atoms with Crippen LogP contribution in [0.15, 0.2) is 40.8 Å². The molecule has 0 saturated carbocycles. The minimum Gasteiger partial charge on any atom is -0.456 e. The molecule has 3 aromatic rings. The van der Waals surface area contributed by atoms with Gasteiger partial charge in [-0.25, -0.2) is 0 Å². The van der Waals surface area contributed by atoms with Crippen molar-refractivity contribution in [2.24, 2.45) is 0 Å². The Morgan fingerprint density at radius 1 is 1.11 bits per heavy atom. The maximum atomic E-state index is 11.9. The number of hydrogen-bond donors (Lipinski definition) is 0. The van der Waals surface area contributed by atoms with Gasteiger partial charge in [-0.1, -0.05) is 31.2 Å². The molecule has 0 fully saturated rings.